The Morgan fingerprint density at radius 2 is 0.900 bits per heavy atom. The second kappa shape index (κ2) is 11.0. The summed E-state index contributed by atoms with van der Waals surface area (Å²) in [6.45, 7) is 3.85. The fourth-order valence-electron chi connectivity index (χ4n) is 7.25. The highest BCUT2D eigenvalue weighted by Crippen LogP contribution is 2.43. The summed E-state index contributed by atoms with van der Waals surface area (Å²) >= 11 is 0. The van der Waals surface area contributed by atoms with Gasteiger partial charge in [-0.15, -0.1) is 0 Å². The van der Waals surface area contributed by atoms with Crippen molar-refractivity contribution >= 4 is 43.6 Å². The molecule has 0 aliphatic heterocycles. The second-order valence-corrected chi connectivity index (χ2v) is 12.4. The fraction of sp³-hybridized carbons (Fsp3) is 0.0976. The van der Waals surface area contributed by atoms with Gasteiger partial charge in [-0.3, -0.25) is 0 Å². The largest absolute Gasteiger partial charge is 0.416 e. The number of alkyl halides is 6. The average molecular weight is 674 g/mol. The summed E-state index contributed by atoms with van der Waals surface area (Å²) < 4.78 is 88.7. The summed E-state index contributed by atoms with van der Waals surface area (Å²) in [6.07, 6.45) is -10.1. The first kappa shape index (κ1) is 31.3. The molecule has 0 N–H and O–H groups in total. The molecule has 50 heavy (non-hydrogen) atoms. The van der Waals surface area contributed by atoms with Gasteiger partial charge in [-0.05, 0) is 78.6 Å². The van der Waals surface area contributed by atoms with Crippen molar-refractivity contribution in [2.45, 2.75) is 26.2 Å². The molecule has 3 nitrogen and oxygen atoms in total. The Labute approximate surface area is 281 Å². The molecule has 0 fully saturated rings. The Bertz CT molecular complexity index is 2550. The van der Waals surface area contributed by atoms with E-state index in [4.69, 9.17) is 0 Å². The normalized spacial score (nSPS) is 12.4. The van der Waals surface area contributed by atoms with E-state index in [1.165, 1.54) is 12.1 Å². The highest BCUT2D eigenvalue weighted by Gasteiger charge is 2.37. The molecule has 246 valence electrons. The van der Waals surface area contributed by atoms with E-state index in [1.54, 1.807) is 0 Å². The van der Waals surface area contributed by atoms with E-state index in [2.05, 4.69) is 6.07 Å². The third-order valence-electron chi connectivity index (χ3n) is 9.40. The molecule has 6 aromatic carbocycles. The number of benzene rings is 6. The first-order valence-electron chi connectivity index (χ1n) is 15.7. The highest BCUT2D eigenvalue weighted by atomic mass is 19.4. The lowest BCUT2D eigenvalue weighted by molar-refractivity contribution is -0.143. The van der Waals surface area contributed by atoms with Gasteiger partial charge in [-0.2, -0.15) is 31.6 Å². The summed E-state index contributed by atoms with van der Waals surface area (Å²) in [5.41, 5.74) is 2.57. The molecular formula is C41H25F6N3. The Morgan fingerprint density at radius 3 is 1.32 bits per heavy atom. The summed E-state index contributed by atoms with van der Waals surface area (Å²) in [4.78, 5) is 0. The highest BCUT2D eigenvalue weighted by molar-refractivity contribution is 6.12. The van der Waals surface area contributed by atoms with Crippen LogP contribution in [0.15, 0.2) is 115 Å². The molecule has 0 atom stereocenters. The van der Waals surface area contributed by atoms with Gasteiger partial charge in [0.25, 0.3) is 0 Å². The van der Waals surface area contributed by atoms with Crippen molar-refractivity contribution in [1.82, 2.24) is 9.13 Å². The molecule has 0 saturated carbocycles. The van der Waals surface area contributed by atoms with E-state index in [0.29, 0.717) is 11.4 Å². The molecule has 0 bridgehead atoms. The first-order chi connectivity index (χ1) is 23.9. The van der Waals surface area contributed by atoms with Gasteiger partial charge in [0.05, 0.1) is 44.6 Å². The van der Waals surface area contributed by atoms with Crippen molar-refractivity contribution < 1.29 is 26.3 Å². The number of aromatic nitrogens is 2. The molecule has 0 spiro atoms. The summed E-state index contributed by atoms with van der Waals surface area (Å²) in [5.74, 6) is 0. The number of rotatable bonds is 3. The predicted molar refractivity (Wildman–Crippen MR) is 185 cm³/mol. The number of hydrogen-bond acceptors (Lipinski definition) is 1. The van der Waals surface area contributed by atoms with Crippen LogP contribution in [0.25, 0.3) is 66.1 Å². The molecule has 0 aliphatic rings. The van der Waals surface area contributed by atoms with Gasteiger partial charge in [0.15, 0.2) is 0 Å². The Hall–Kier alpha value is -6.01. The fourth-order valence-corrected chi connectivity index (χ4v) is 7.25. The van der Waals surface area contributed by atoms with Crippen LogP contribution in [0.5, 0.6) is 0 Å². The van der Waals surface area contributed by atoms with Gasteiger partial charge >= 0.3 is 12.4 Å². The molecule has 0 radical (unpaired) electrons. The number of fused-ring (bicyclic) bond motifs is 6. The average Bonchev–Trinajstić information content (AvgIpc) is 3.61. The maximum atomic E-state index is 14.1. The van der Waals surface area contributed by atoms with Crippen LogP contribution in [0.3, 0.4) is 0 Å². The number of aryl methyl sites for hydroxylation is 2. The van der Waals surface area contributed by atoms with E-state index < -0.39 is 23.5 Å². The zero-order valence-electron chi connectivity index (χ0n) is 26.6. The molecule has 0 unspecified atom stereocenters. The molecule has 0 amide bonds. The lowest BCUT2D eigenvalue weighted by Gasteiger charge is -2.20. The number of para-hydroxylation sites is 4. The quantitative estimate of drug-likeness (QED) is 0.172. The minimum absolute atomic E-state index is 0.0876. The van der Waals surface area contributed by atoms with Crippen LogP contribution in [0, 0.1) is 25.2 Å². The molecule has 2 aromatic heterocycles. The summed E-state index contributed by atoms with van der Waals surface area (Å²) in [7, 11) is 0. The molecule has 8 rings (SSSR count). The van der Waals surface area contributed by atoms with Crippen LogP contribution in [-0.2, 0) is 12.4 Å². The molecule has 0 saturated heterocycles. The molecular weight excluding hydrogens is 648 g/mol. The molecule has 8 aromatic rings. The van der Waals surface area contributed by atoms with Crippen molar-refractivity contribution in [3.8, 4) is 28.6 Å². The third kappa shape index (κ3) is 4.74. The van der Waals surface area contributed by atoms with Gasteiger partial charge in [0.1, 0.15) is 11.6 Å². The zero-order chi connectivity index (χ0) is 35.1. The Morgan fingerprint density at radius 1 is 0.500 bits per heavy atom. The van der Waals surface area contributed by atoms with Crippen LogP contribution < -0.4 is 0 Å². The Kier molecular flexibility index (Phi) is 6.88. The zero-order valence-corrected chi connectivity index (χ0v) is 26.6. The monoisotopic (exact) mass is 673 g/mol. The first-order valence-corrected chi connectivity index (χ1v) is 15.7. The van der Waals surface area contributed by atoms with Gasteiger partial charge in [0, 0.05) is 21.5 Å². The number of halogens is 6. The smallest absolute Gasteiger partial charge is 0.308 e. The van der Waals surface area contributed by atoms with Crippen LogP contribution in [0.2, 0.25) is 0 Å². The van der Waals surface area contributed by atoms with Crippen LogP contribution in [0.1, 0.15) is 27.8 Å². The topological polar surface area (TPSA) is 33.6 Å². The maximum absolute atomic E-state index is 14.1. The summed E-state index contributed by atoms with van der Waals surface area (Å²) in [5, 5.41) is 14.6. The predicted octanol–water partition coefficient (Wildman–Crippen LogP) is 12.1. The van der Waals surface area contributed by atoms with E-state index in [0.717, 1.165) is 66.9 Å². The molecule has 2 heterocycles. The number of hydrogen-bond donors (Lipinski definition) is 0. The van der Waals surface area contributed by atoms with Crippen LogP contribution in [-0.4, -0.2) is 9.13 Å². The number of nitriles is 1. The van der Waals surface area contributed by atoms with Gasteiger partial charge in [-0.25, -0.2) is 0 Å². The van der Waals surface area contributed by atoms with E-state index in [9.17, 15) is 31.6 Å². The van der Waals surface area contributed by atoms with E-state index in [-0.39, 0.29) is 22.8 Å². The SMILES string of the molecule is Cc1cccc2c3ccccc3n(-c3cc(-c4cc(C(F)(F)F)cc(C(F)(F)F)c4)cc(-n4c5ccccc5c5cccc(C)c54)c3C#N)c12. The van der Waals surface area contributed by atoms with E-state index in [1.807, 2.05) is 108 Å². The maximum Gasteiger partial charge on any atom is 0.416 e. The van der Waals surface area contributed by atoms with Crippen molar-refractivity contribution in [3.63, 3.8) is 0 Å². The standard InChI is InChI=1S/C41H25F6N3/c1-23-9-7-13-31-29-11-3-5-15-34(29)49(38(23)31)36-19-26(25-17-27(40(42,43)44)21-28(18-25)41(45,46)47)20-37(33(36)22-48)50-35-16-6-4-12-30(35)32-14-8-10-24(2)39(32)50/h3-21H,1-2H3. The minimum atomic E-state index is -5.04. The molecule has 9 heteroatoms. The van der Waals surface area contributed by atoms with Crippen molar-refractivity contribution in [2.24, 2.45) is 0 Å². The van der Waals surface area contributed by atoms with Gasteiger partial charge < -0.3 is 9.13 Å². The van der Waals surface area contributed by atoms with E-state index >= 15 is 0 Å². The Balaban J connectivity index is 1.59. The van der Waals surface area contributed by atoms with Crippen LogP contribution in [0.4, 0.5) is 26.3 Å². The lowest BCUT2D eigenvalue weighted by atomic mass is 9.96. The third-order valence-corrected chi connectivity index (χ3v) is 9.40. The van der Waals surface area contributed by atoms with Crippen LogP contribution >= 0.6 is 0 Å². The molecule has 0 aliphatic carbocycles. The minimum Gasteiger partial charge on any atom is -0.308 e. The van der Waals surface area contributed by atoms with Crippen molar-refractivity contribution in [3.05, 3.63) is 143 Å². The van der Waals surface area contributed by atoms with Crippen molar-refractivity contribution in [1.29, 1.82) is 5.26 Å². The lowest BCUT2D eigenvalue weighted by Crippen LogP contribution is -2.11. The van der Waals surface area contributed by atoms with Crippen molar-refractivity contribution in [2.75, 3.05) is 0 Å². The van der Waals surface area contributed by atoms with Gasteiger partial charge in [-0.1, -0.05) is 72.8 Å². The second-order valence-electron chi connectivity index (χ2n) is 12.4. The van der Waals surface area contributed by atoms with Gasteiger partial charge in [0.2, 0.25) is 0 Å². The summed E-state index contributed by atoms with van der Waals surface area (Å²) in [6, 6.07) is 33.8. The number of nitrogens with zero attached hydrogens (tertiary/aromatic N) is 3.